The molecule has 1 heterocycles. The van der Waals surface area contributed by atoms with E-state index >= 15 is 0 Å². The summed E-state index contributed by atoms with van der Waals surface area (Å²) in [7, 11) is 0. The molecule has 158 valence electrons. The molecular formula is C22H20F4N2O2. The van der Waals surface area contributed by atoms with Crippen LogP contribution < -0.4 is 0 Å². The summed E-state index contributed by atoms with van der Waals surface area (Å²) in [4.78, 5) is 11.3. The summed E-state index contributed by atoms with van der Waals surface area (Å²) in [6, 6.07) is 7.40. The number of benzene rings is 2. The lowest BCUT2D eigenvalue weighted by molar-refractivity contribution is -0.246. The predicted molar refractivity (Wildman–Crippen MR) is 104 cm³/mol. The Kier molecular flexibility index (Phi) is 5.56. The fourth-order valence-corrected chi connectivity index (χ4v) is 3.69. The molecule has 3 aromatic rings. The van der Waals surface area contributed by atoms with Crippen LogP contribution in [0, 0.1) is 5.82 Å². The molecule has 1 aliphatic rings. The van der Waals surface area contributed by atoms with Gasteiger partial charge >= 0.3 is 6.18 Å². The SMILES string of the molecule is CC.CC(=O)Cn1cc(-c2cc(F)cc3c2-c2ccccc2C3(O)C(F)(F)F)cn1. The fraction of sp³-hybridized carbons (Fsp3) is 0.273. The number of hydrogen-bond donors (Lipinski definition) is 1. The first-order valence-corrected chi connectivity index (χ1v) is 9.38. The van der Waals surface area contributed by atoms with E-state index in [9.17, 15) is 27.5 Å². The van der Waals surface area contributed by atoms with Crippen LogP contribution in [0.4, 0.5) is 17.6 Å². The number of nitrogens with zero attached hydrogens (tertiary/aromatic N) is 2. The molecule has 0 fully saturated rings. The molecule has 0 spiro atoms. The van der Waals surface area contributed by atoms with Crippen LogP contribution in [0.5, 0.6) is 0 Å². The zero-order valence-electron chi connectivity index (χ0n) is 16.6. The fourth-order valence-electron chi connectivity index (χ4n) is 3.69. The van der Waals surface area contributed by atoms with Crippen molar-refractivity contribution >= 4 is 5.78 Å². The van der Waals surface area contributed by atoms with Crippen LogP contribution in [0.3, 0.4) is 0 Å². The molecule has 0 saturated carbocycles. The molecule has 1 atom stereocenters. The molecule has 0 saturated heterocycles. The van der Waals surface area contributed by atoms with E-state index < -0.39 is 23.2 Å². The molecule has 1 N–H and O–H groups in total. The van der Waals surface area contributed by atoms with E-state index in [0.29, 0.717) is 11.6 Å². The molecule has 4 rings (SSSR count). The monoisotopic (exact) mass is 420 g/mol. The number of hydrogen-bond acceptors (Lipinski definition) is 3. The van der Waals surface area contributed by atoms with Gasteiger partial charge in [0.1, 0.15) is 5.82 Å². The van der Waals surface area contributed by atoms with Crippen molar-refractivity contribution < 1.29 is 27.5 Å². The standard InChI is InChI=1S/C20H14F4N2O2.C2H6/c1-11(27)9-26-10-12(8-25-26)15-6-13(21)7-17-18(15)14-4-2-3-5-16(14)19(17,28)20(22,23)24;1-2/h2-8,10,28H,9H2,1H3;1-2H3. The second-order valence-corrected chi connectivity index (χ2v) is 6.76. The maximum absolute atomic E-state index is 14.3. The number of ketones is 1. The molecule has 0 aliphatic heterocycles. The van der Waals surface area contributed by atoms with E-state index in [2.05, 4.69) is 5.10 Å². The smallest absolute Gasteiger partial charge is 0.372 e. The third kappa shape index (κ3) is 3.31. The minimum atomic E-state index is -5.04. The second kappa shape index (κ2) is 7.68. The quantitative estimate of drug-likeness (QED) is 0.601. The van der Waals surface area contributed by atoms with E-state index in [-0.39, 0.29) is 34.6 Å². The first-order valence-electron chi connectivity index (χ1n) is 9.38. The van der Waals surface area contributed by atoms with Gasteiger partial charge in [-0.3, -0.25) is 9.48 Å². The van der Waals surface area contributed by atoms with Gasteiger partial charge in [-0.1, -0.05) is 38.1 Å². The van der Waals surface area contributed by atoms with Crippen LogP contribution in [0.2, 0.25) is 0 Å². The Morgan fingerprint density at radius 1 is 1.13 bits per heavy atom. The summed E-state index contributed by atoms with van der Waals surface area (Å²) in [5.74, 6) is -1.07. The van der Waals surface area contributed by atoms with Crippen molar-refractivity contribution in [3.8, 4) is 22.3 Å². The summed E-state index contributed by atoms with van der Waals surface area (Å²) in [5.41, 5.74) is -3.44. The highest BCUT2D eigenvalue weighted by Gasteiger charge is 2.61. The van der Waals surface area contributed by atoms with Crippen LogP contribution >= 0.6 is 0 Å². The minimum absolute atomic E-state index is 0.0133. The highest BCUT2D eigenvalue weighted by Crippen LogP contribution is 2.57. The number of rotatable bonds is 3. The van der Waals surface area contributed by atoms with Crippen molar-refractivity contribution in [3.05, 3.63) is 65.7 Å². The number of aliphatic hydroxyl groups is 1. The Hall–Kier alpha value is -3.00. The number of fused-ring (bicyclic) bond motifs is 3. The van der Waals surface area contributed by atoms with Gasteiger partial charge in [0.2, 0.25) is 5.60 Å². The summed E-state index contributed by atoms with van der Waals surface area (Å²) in [5, 5.41) is 14.7. The summed E-state index contributed by atoms with van der Waals surface area (Å²) in [6.07, 6.45) is -2.23. The van der Waals surface area contributed by atoms with Crippen molar-refractivity contribution in [2.45, 2.75) is 39.1 Å². The first kappa shape index (κ1) is 21.7. The van der Waals surface area contributed by atoms with Gasteiger partial charge in [0.15, 0.2) is 5.78 Å². The maximum Gasteiger partial charge on any atom is 0.425 e. The van der Waals surface area contributed by atoms with Crippen LogP contribution in [0.15, 0.2) is 48.8 Å². The van der Waals surface area contributed by atoms with Gasteiger partial charge in [0, 0.05) is 22.9 Å². The Labute approximate surface area is 170 Å². The van der Waals surface area contributed by atoms with E-state index in [1.165, 1.54) is 42.2 Å². The van der Waals surface area contributed by atoms with Crippen molar-refractivity contribution in [1.82, 2.24) is 9.78 Å². The number of carbonyl (C=O) groups excluding carboxylic acids is 1. The molecule has 4 nitrogen and oxygen atoms in total. The molecular weight excluding hydrogens is 400 g/mol. The van der Waals surface area contributed by atoms with Gasteiger partial charge in [-0.05, 0) is 35.7 Å². The molecule has 0 radical (unpaired) electrons. The van der Waals surface area contributed by atoms with Crippen LogP contribution in [0.1, 0.15) is 31.9 Å². The Bertz CT molecular complexity index is 1100. The number of carbonyl (C=O) groups is 1. The highest BCUT2D eigenvalue weighted by molar-refractivity contribution is 5.92. The Morgan fingerprint density at radius 3 is 2.43 bits per heavy atom. The summed E-state index contributed by atoms with van der Waals surface area (Å²) in [6.45, 7) is 5.36. The lowest BCUT2D eigenvalue weighted by Crippen LogP contribution is -2.41. The van der Waals surface area contributed by atoms with Crippen molar-refractivity contribution in [2.24, 2.45) is 0 Å². The van der Waals surface area contributed by atoms with Gasteiger partial charge in [-0.15, -0.1) is 0 Å². The van der Waals surface area contributed by atoms with Crippen molar-refractivity contribution in [3.63, 3.8) is 0 Å². The lowest BCUT2D eigenvalue weighted by atomic mass is 9.89. The average Bonchev–Trinajstić information content (AvgIpc) is 3.24. The zero-order valence-corrected chi connectivity index (χ0v) is 16.6. The molecule has 30 heavy (non-hydrogen) atoms. The molecule has 1 aromatic heterocycles. The van der Waals surface area contributed by atoms with Crippen LogP contribution in [0.25, 0.3) is 22.3 Å². The Balaban J connectivity index is 0.00000124. The predicted octanol–water partition coefficient (Wildman–Crippen LogP) is 5.08. The number of aromatic nitrogens is 2. The van der Waals surface area contributed by atoms with E-state index in [1.807, 2.05) is 13.8 Å². The topological polar surface area (TPSA) is 55.1 Å². The third-order valence-electron chi connectivity index (χ3n) is 4.82. The third-order valence-corrected chi connectivity index (χ3v) is 4.82. The molecule has 0 bridgehead atoms. The van der Waals surface area contributed by atoms with E-state index in [4.69, 9.17) is 0 Å². The van der Waals surface area contributed by atoms with Crippen LogP contribution in [-0.2, 0) is 16.9 Å². The van der Waals surface area contributed by atoms with Crippen molar-refractivity contribution in [1.29, 1.82) is 0 Å². The zero-order chi connectivity index (χ0) is 22.3. The second-order valence-electron chi connectivity index (χ2n) is 6.76. The minimum Gasteiger partial charge on any atom is -0.372 e. The largest absolute Gasteiger partial charge is 0.425 e. The normalized spacial score (nSPS) is 17.1. The summed E-state index contributed by atoms with van der Waals surface area (Å²) >= 11 is 0. The van der Waals surface area contributed by atoms with Gasteiger partial charge < -0.3 is 5.11 Å². The summed E-state index contributed by atoms with van der Waals surface area (Å²) < 4.78 is 57.3. The molecule has 8 heteroatoms. The number of halogens is 4. The highest BCUT2D eigenvalue weighted by atomic mass is 19.4. The number of Topliss-reactive ketones (excluding diaryl/α,β-unsaturated/α-hetero) is 1. The van der Waals surface area contributed by atoms with Gasteiger partial charge in [-0.25, -0.2) is 4.39 Å². The van der Waals surface area contributed by atoms with Gasteiger partial charge in [-0.2, -0.15) is 18.3 Å². The molecule has 0 amide bonds. The van der Waals surface area contributed by atoms with Gasteiger partial charge in [0.25, 0.3) is 0 Å². The van der Waals surface area contributed by atoms with E-state index in [0.717, 1.165) is 6.07 Å². The van der Waals surface area contributed by atoms with Crippen LogP contribution in [-0.4, -0.2) is 26.8 Å². The first-order chi connectivity index (χ1) is 14.1. The maximum atomic E-state index is 14.3. The molecule has 1 unspecified atom stereocenters. The lowest BCUT2D eigenvalue weighted by Gasteiger charge is -2.28. The molecule has 2 aromatic carbocycles. The average molecular weight is 420 g/mol. The van der Waals surface area contributed by atoms with Crippen molar-refractivity contribution in [2.75, 3.05) is 0 Å². The molecule has 1 aliphatic carbocycles. The van der Waals surface area contributed by atoms with Gasteiger partial charge in [0.05, 0.1) is 12.7 Å². The van der Waals surface area contributed by atoms with E-state index in [1.54, 1.807) is 6.07 Å². The number of alkyl halides is 3. The Morgan fingerprint density at radius 2 is 1.80 bits per heavy atom.